The normalized spacial score (nSPS) is 24.1. The number of rotatable bonds is 4. The summed E-state index contributed by atoms with van der Waals surface area (Å²) >= 11 is 1.69. The number of thiophene rings is 1. The van der Waals surface area contributed by atoms with Crippen molar-refractivity contribution in [2.24, 2.45) is 5.92 Å². The predicted molar refractivity (Wildman–Crippen MR) is 95.7 cm³/mol. The van der Waals surface area contributed by atoms with Crippen LogP contribution in [0.15, 0.2) is 16.8 Å². The van der Waals surface area contributed by atoms with E-state index >= 15 is 0 Å². The Morgan fingerprint density at radius 1 is 1.46 bits per heavy atom. The highest BCUT2D eigenvalue weighted by Gasteiger charge is 2.42. The van der Waals surface area contributed by atoms with Crippen molar-refractivity contribution in [2.75, 3.05) is 13.1 Å². The van der Waals surface area contributed by atoms with E-state index in [1.807, 2.05) is 13.8 Å². The molecule has 1 aliphatic heterocycles. The van der Waals surface area contributed by atoms with Crippen molar-refractivity contribution in [2.45, 2.75) is 57.7 Å². The molecule has 1 atom stereocenters. The third-order valence-corrected chi connectivity index (χ3v) is 5.79. The van der Waals surface area contributed by atoms with Gasteiger partial charge in [-0.05, 0) is 35.2 Å². The Morgan fingerprint density at radius 3 is 2.83 bits per heavy atom. The molecular formula is C18H27N3O2S. The summed E-state index contributed by atoms with van der Waals surface area (Å²) in [6, 6.07) is 1.66. The average Bonchev–Trinajstić information content (AvgIpc) is 3.15. The van der Waals surface area contributed by atoms with Gasteiger partial charge in [-0.25, -0.2) is 0 Å². The molecule has 3 rings (SSSR count). The maximum atomic E-state index is 12.7. The molecule has 1 unspecified atom stereocenters. The summed E-state index contributed by atoms with van der Waals surface area (Å²) in [5, 5.41) is 10.4. The summed E-state index contributed by atoms with van der Waals surface area (Å²) < 4.78 is 0. The molecule has 1 aromatic rings. The van der Waals surface area contributed by atoms with Crippen molar-refractivity contribution in [3.8, 4) is 0 Å². The zero-order valence-electron chi connectivity index (χ0n) is 14.5. The van der Waals surface area contributed by atoms with Crippen LogP contribution in [0.2, 0.25) is 0 Å². The highest BCUT2D eigenvalue weighted by molar-refractivity contribution is 7.07. The van der Waals surface area contributed by atoms with Crippen LogP contribution in [0.5, 0.6) is 0 Å². The predicted octanol–water partition coefficient (Wildman–Crippen LogP) is 2.13. The number of carbonyl (C=O) groups is 2. The van der Waals surface area contributed by atoms with Crippen molar-refractivity contribution in [1.82, 2.24) is 15.5 Å². The monoisotopic (exact) mass is 349 g/mol. The summed E-state index contributed by atoms with van der Waals surface area (Å²) in [5.41, 5.74) is 1.15. The van der Waals surface area contributed by atoms with E-state index in [1.165, 1.54) is 5.56 Å². The molecule has 0 aromatic carbocycles. The van der Waals surface area contributed by atoms with Crippen LogP contribution in [0, 0.1) is 5.92 Å². The first-order valence-electron chi connectivity index (χ1n) is 8.83. The van der Waals surface area contributed by atoms with Crippen molar-refractivity contribution >= 4 is 23.2 Å². The SMILES string of the molecule is CC(C)C(=O)NC1CN(Cc2ccsc2)CC2(CCCC2)NC1=O. The van der Waals surface area contributed by atoms with Gasteiger partial charge in [0.05, 0.1) is 5.54 Å². The Balaban J connectivity index is 1.78. The first kappa shape index (κ1) is 17.4. The Kier molecular flexibility index (Phi) is 5.25. The molecule has 5 nitrogen and oxygen atoms in total. The van der Waals surface area contributed by atoms with E-state index in [0.717, 1.165) is 38.8 Å². The van der Waals surface area contributed by atoms with Crippen molar-refractivity contribution in [3.05, 3.63) is 22.4 Å². The van der Waals surface area contributed by atoms with Gasteiger partial charge in [0.1, 0.15) is 6.04 Å². The third-order valence-electron chi connectivity index (χ3n) is 5.06. The van der Waals surface area contributed by atoms with Crippen LogP contribution < -0.4 is 10.6 Å². The fourth-order valence-corrected chi connectivity index (χ4v) is 4.43. The molecule has 0 radical (unpaired) electrons. The zero-order valence-corrected chi connectivity index (χ0v) is 15.3. The molecular weight excluding hydrogens is 322 g/mol. The van der Waals surface area contributed by atoms with Crippen LogP contribution in [0.25, 0.3) is 0 Å². The van der Waals surface area contributed by atoms with E-state index in [9.17, 15) is 9.59 Å². The molecule has 2 amide bonds. The molecule has 2 aliphatic rings. The first-order chi connectivity index (χ1) is 11.5. The lowest BCUT2D eigenvalue weighted by atomic mass is 9.97. The van der Waals surface area contributed by atoms with Gasteiger partial charge < -0.3 is 10.6 Å². The number of carbonyl (C=O) groups excluding carboxylic acids is 2. The molecule has 1 saturated carbocycles. The van der Waals surface area contributed by atoms with Crippen LogP contribution in [0.3, 0.4) is 0 Å². The van der Waals surface area contributed by atoms with Gasteiger partial charge in [0.2, 0.25) is 11.8 Å². The van der Waals surface area contributed by atoms with E-state index < -0.39 is 6.04 Å². The highest BCUT2D eigenvalue weighted by Crippen LogP contribution is 2.32. The van der Waals surface area contributed by atoms with Crippen molar-refractivity contribution < 1.29 is 9.59 Å². The highest BCUT2D eigenvalue weighted by atomic mass is 32.1. The lowest BCUT2D eigenvalue weighted by Crippen LogP contribution is -2.54. The second-order valence-electron chi connectivity index (χ2n) is 7.49. The first-order valence-corrected chi connectivity index (χ1v) is 9.78. The molecule has 1 aliphatic carbocycles. The molecule has 1 aromatic heterocycles. The van der Waals surface area contributed by atoms with Gasteiger partial charge in [-0.15, -0.1) is 0 Å². The van der Waals surface area contributed by atoms with Gasteiger partial charge in [-0.1, -0.05) is 26.7 Å². The van der Waals surface area contributed by atoms with Gasteiger partial charge in [-0.2, -0.15) is 11.3 Å². The van der Waals surface area contributed by atoms with Crippen LogP contribution >= 0.6 is 11.3 Å². The van der Waals surface area contributed by atoms with Crippen molar-refractivity contribution in [1.29, 1.82) is 0 Å². The van der Waals surface area contributed by atoms with Gasteiger partial charge in [-0.3, -0.25) is 14.5 Å². The van der Waals surface area contributed by atoms with Gasteiger partial charge >= 0.3 is 0 Å². The molecule has 2 heterocycles. The maximum Gasteiger partial charge on any atom is 0.244 e. The largest absolute Gasteiger partial charge is 0.348 e. The smallest absolute Gasteiger partial charge is 0.244 e. The number of hydrogen-bond donors (Lipinski definition) is 2. The maximum absolute atomic E-state index is 12.7. The fraction of sp³-hybridized carbons (Fsp3) is 0.667. The van der Waals surface area contributed by atoms with E-state index in [1.54, 1.807) is 11.3 Å². The van der Waals surface area contributed by atoms with Gasteiger partial charge in [0, 0.05) is 25.6 Å². The summed E-state index contributed by atoms with van der Waals surface area (Å²) in [4.78, 5) is 27.2. The van der Waals surface area contributed by atoms with E-state index in [-0.39, 0.29) is 23.3 Å². The van der Waals surface area contributed by atoms with Gasteiger partial charge in [0.25, 0.3) is 0 Å². The summed E-state index contributed by atoms with van der Waals surface area (Å²) in [7, 11) is 0. The molecule has 2 fully saturated rings. The van der Waals surface area contributed by atoms with Crippen LogP contribution in [0.1, 0.15) is 45.1 Å². The molecule has 0 bridgehead atoms. The Labute approximate surface area is 147 Å². The molecule has 1 spiro atoms. The fourth-order valence-electron chi connectivity index (χ4n) is 3.77. The van der Waals surface area contributed by atoms with Crippen molar-refractivity contribution in [3.63, 3.8) is 0 Å². The minimum absolute atomic E-state index is 0.0290. The van der Waals surface area contributed by atoms with E-state index in [2.05, 4.69) is 32.4 Å². The van der Waals surface area contributed by atoms with Crippen LogP contribution in [0.4, 0.5) is 0 Å². The van der Waals surface area contributed by atoms with Crippen LogP contribution in [-0.4, -0.2) is 41.4 Å². The molecule has 1 saturated heterocycles. The lowest BCUT2D eigenvalue weighted by molar-refractivity contribution is -0.131. The molecule has 24 heavy (non-hydrogen) atoms. The summed E-state index contributed by atoms with van der Waals surface area (Å²) in [6.07, 6.45) is 4.39. The number of nitrogens with one attached hydrogen (secondary N) is 2. The third kappa shape index (κ3) is 3.98. The average molecular weight is 350 g/mol. The number of amides is 2. The minimum atomic E-state index is -0.474. The molecule has 2 N–H and O–H groups in total. The zero-order chi connectivity index (χ0) is 17.2. The number of hydrogen-bond acceptors (Lipinski definition) is 4. The van der Waals surface area contributed by atoms with Gasteiger partial charge in [0.15, 0.2) is 0 Å². The standard InChI is InChI=1S/C18H27N3O2S/c1-13(2)16(22)19-15-10-21(9-14-5-8-24-11-14)12-18(20-17(15)23)6-3-4-7-18/h5,8,11,13,15H,3-4,6-7,9-10,12H2,1-2H3,(H,19,22)(H,20,23). The summed E-state index contributed by atoms with van der Waals surface area (Å²) in [5.74, 6) is -0.210. The molecule has 132 valence electrons. The lowest BCUT2D eigenvalue weighted by Gasteiger charge is -2.32. The Bertz CT molecular complexity index is 579. The minimum Gasteiger partial charge on any atom is -0.348 e. The topological polar surface area (TPSA) is 61.4 Å². The van der Waals surface area contributed by atoms with E-state index in [4.69, 9.17) is 0 Å². The second-order valence-corrected chi connectivity index (χ2v) is 8.27. The van der Waals surface area contributed by atoms with Crippen LogP contribution in [-0.2, 0) is 16.1 Å². The summed E-state index contributed by atoms with van der Waals surface area (Å²) in [6.45, 7) is 5.97. The Hall–Kier alpha value is -1.40. The molecule has 6 heteroatoms. The van der Waals surface area contributed by atoms with E-state index in [0.29, 0.717) is 6.54 Å². The number of nitrogens with zero attached hydrogens (tertiary/aromatic N) is 1. The Morgan fingerprint density at radius 2 is 2.21 bits per heavy atom. The quantitative estimate of drug-likeness (QED) is 0.875. The second kappa shape index (κ2) is 7.23.